The largest absolute Gasteiger partial charge is 0.461 e. The Kier molecular flexibility index (Phi) is 10.4. The van der Waals surface area contributed by atoms with E-state index in [-0.39, 0.29) is 82.5 Å². The predicted octanol–water partition coefficient (Wildman–Crippen LogP) is 8.32. The first-order valence-corrected chi connectivity index (χ1v) is 21.2. The van der Waals surface area contributed by atoms with Gasteiger partial charge in [0.1, 0.15) is 12.2 Å². The third kappa shape index (κ3) is 6.95. The standard InChI is InChI=1S/2C23H33NO3/c2*1-14-15-9-10-16(13-15)19(14)20(25)27-18-8-6-12-23(18)11-5-7-17(23)24-21(26)22(2,3)4/h2*9-10,15-19H,1,5-8,11-13H2,2-4H3,(H,24,26)/t2*15-,16+,17-,18-,19-,23-/m11/s1. The van der Waals surface area contributed by atoms with Crippen LogP contribution in [-0.4, -0.2) is 48.0 Å². The van der Waals surface area contributed by atoms with Gasteiger partial charge in [-0.05, 0) is 101 Å². The van der Waals surface area contributed by atoms with E-state index in [2.05, 4.69) is 48.1 Å². The first kappa shape index (κ1) is 39.1. The van der Waals surface area contributed by atoms with Gasteiger partial charge in [0.2, 0.25) is 11.8 Å². The summed E-state index contributed by atoms with van der Waals surface area (Å²) in [6.07, 6.45) is 22.8. The van der Waals surface area contributed by atoms with E-state index in [9.17, 15) is 19.2 Å². The van der Waals surface area contributed by atoms with Crippen LogP contribution in [0.2, 0.25) is 0 Å². The second-order valence-corrected chi connectivity index (χ2v) is 20.3. The van der Waals surface area contributed by atoms with Crippen molar-refractivity contribution in [3.8, 4) is 0 Å². The summed E-state index contributed by atoms with van der Waals surface area (Å²) in [7, 11) is 0. The Hall–Kier alpha value is -3.16. The minimum atomic E-state index is -0.401. The molecule has 0 saturated heterocycles. The number of carbonyl (C=O) groups is 4. The number of ether oxygens (including phenoxy) is 2. The number of fused-ring (bicyclic) bond motifs is 4. The minimum Gasteiger partial charge on any atom is -0.461 e. The molecule has 0 aromatic carbocycles. The van der Waals surface area contributed by atoms with E-state index in [0.717, 1.165) is 101 Å². The second-order valence-electron chi connectivity index (χ2n) is 20.3. The molecule has 8 aliphatic carbocycles. The first-order chi connectivity index (χ1) is 25.4. The lowest BCUT2D eigenvalue weighted by atomic mass is 9.78. The van der Waals surface area contributed by atoms with Crippen molar-refractivity contribution < 1.29 is 28.7 Å². The Morgan fingerprint density at radius 2 is 0.944 bits per heavy atom. The molecule has 54 heavy (non-hydrogen) atoms. The molecular weight excluding hydrogens is 677 g/mol. The number of amides is 2. The van der Waals surface area contributed by atoms with Gasteiger partial charge >= 0.3 is 11.9 Å². The van der Waals surface area contributed by atoms with Crippen LogP contribution in [0.4, 0.5) is 0 Å². The van der Waals surface area contributed by atoms with Gasteiger partial charge in [0, 0.05) is 33.7 Å². The normalized spacial score (nSPS) is 40.1. The van der Waals surface area contributed by atoms with E-state index in [0.29, 0.717) is 11.8 Å². The topological polar surface area (TPSA) is 111 Å². The van der Waals surface area contributed by atoms with Gasteiger partial charge in [-0.15, -0.1) is 0 Å². The quantitative estimate of drug-likeness (QED) is 0.209. The van der Waals surface area contributed by atoms with Gasteiger partial charge in [0.05, 0.1) is 11.8 Å². The third-order valence-corrected chi connectivity index (χ3v) is 15.0. The number of rotatable bonds is 6. The van der Waals surface area contributed by atoms with Gasteiger partial charge in [0.25, 0.3) is 0 Å². The van der Waals surface area contributed by atoms with Gasteiger partial charge in [0.15, 0.2) is 0 Å². The number of hydrogen-bond donors (Lipinski definition) is 2. The van der Waals surface area contributed by atoms with E-state index < -0.39 is 10.8 Å². The summed E-state index contributed by atoms with van der Waals surface area (Å²) in [6.45, 7) is 20.0. The summed E-state index contributed by atoms with van der Waals surface area (Å²) in [5.41, 5.74) is 1.10. The molecule has 2 spiro atoms. The highest BCUT2D eigenvalue weighted by Gasteiger charge is 2.57. The Bertz CT molecular complexity index is 1490. The Morgan fingerprint density at radius 1 is 0.593 bits per heavy atom. The van der Waals surface area contributed by atoms with Crippen molar-refractivity contribution in [1.82, 2.24) is 10.6 Å². The van der Waals surface area contributed by atoms with Crippen LogP contribution in [0.5, 0.6) is 0 Å². The van der Waals surface area contributed by atoms with Crippen molar-refractivity contribution in [2.24, 2.45) is 57.2 Å². The van der Waals surface area contributed by atoms with Crippen LogP contribution in [0, 0.1) is 57.2 Å². The molecule has 0 unspecified atom stereocenters. The van der Waals surface area contributed by atoms with Crippen LogP contribution >= 0.6 is 0 Å². The van der Waals surface area contributed by atoms with Crippen molar-refractivity contribution in [1.29, 1.82) is 0 Å². The lowest BCUT2D eigenvalue weighted by molar-refractivity contribution is -0.161. The summed E-state index contributed by atoms with van der Waals surface area (Å²) in [5, 5.41) is 6.60. The Morgan fingerprint density at radius 3 is 1.26 bits per heavy atom. The van der Waals surface area contributed by atoms with Crippen LogP contribution in [0.25, 0.3) is 0 Å². The van der Waals surface area contributed by atoms with E-state index in [1.165, 1.54) is 0 Å². The summed E-state index contributed by atoms with van der Waals surface area (Å²) >= 11 is 0. The second kappa shape index (κ2) is 14.4. The smallest absolute Gasteiger partial charge is 0.313 e. The van der Waals surface area contributed by atoms with Crippen LogP contribution in [0.15, 0.2) is 48.6 Å². The van der Waals surface area contributed by atoms with Crippen LogP contribution in [0.1, 0.15) is 131 Å². The maximum absolute atomic E-state index is 13.0. The Balaban J connectivity index is 0.000000167. The highest BCUT2D eigenvalue weighted by molar-refractivity contribution is 5.82. The summed E-state index contributed by atoms with van der Waals surface area (Å²) in [6, 6.07) is 0.236. The lowest BCUT2D eigenvalue weighted by Crippen LogP contribution is -2.52. The van der Waals surface area contributed by atoms with Crippen molar-refractivity contribution in [3.05, 3.63) is 48.6 Å². The van der Waals surface area contributed by atoms with Crippen molar-refractivity contribution in [2.45, 2.75) is 156 Å². The average molecular weight is 743 g/mol. The zero-order valence-electron chi connectivity index (χ0n) is 33.8. The molecule has 6 saturated carbocycles. The molecule has 4 bridgehead atoms. The zero-order valence-corrected chi connectivity index (χ0v) is 33.8. The van der Waals surface area contributed by atoms with Crippen LogP contribution < -0.4 is 10.6 Å². The molecule has 8 nitrogen and oxygen atoms in total. The molecule has 2 N–H and O–H groups in total. The van der Waals surface area contributed by atoms with Gasteiger partial charge in [-0.2, -0.15) is 0 Å². The van der Waals surface area contributed by atoms with E-state index in [4.69, 9.17) is 9.47 Å². The van der Waals surface area contributed by atoms with Crippen molar-refractivity contribution in [3.63, 3.8) is 0 Å². The van der Waals surface area contributed by atoms with Crippen LogP contribution in [0.3, 0.4) is 0 Å². The van der Waals surface area contributed by atoms with E-state index >= 15 is 0 Å². The molecule has 0 aromatic rings. The highest BCUT2D eigenvalue weighted by atomic mass is 16.6. The van der Waals surface area contributed by atoms with E-state index in [1.54, 1.807) is 0 Å². The van der Waals surface area contributed by atoms with Gasteiger partial charge < -0.3 is 20.1 Å². The molecule has 8 aliphatic rings. The molecule has 0 aromatic heterocycles. The SMILES string of the molecule is C=C1[C@@H](C(=O)O[C@@H]2CCC[C@@]23CCC[C@H]3NC(=O)C(C)(C)C)[C@H]2C=C[C@@H]1C2.C=C1[C@@H](C(=O)O[C@@H]2CCC[C@@]23CCC[C@H]3NC(=O)C(C)(C)C)[C@H]2C=C[C@@H]1C2. The predicted molar refractivity (Wildman–Crippen MR) is 210 cm³/mol. The van der Waals surface area contributed by atoms with Crippen molar-refractivity contribution in [2.75, 3.05) is 0 Å². The summed E-state index contributed by atoms with van der Waals surface area (Å²) in [5.74, 6) is 0.940. The number of allylic oxidation sites excluding steroid dienone is 4. The maximum Gasteiger partial charge on any atom is 0.313 e. The zero-order chi connectivity index (χ0) is 38.8. The number of nitrogens with one attached hydrogen (secondary N) is 2. The molecule has 0 radical (unpaired) electrons. The lowest BCUT2D eigenvalue weighted by Gasteiger charge is -2.39. The molecule has 296 valence electrons. The maximum atomic E-state index is 13.0. The fourth-order valence-corrected chi connectivity index (χ4v) is 11.8. The first-order valence-electron chi connectivity index (χ1n) is 21.2. The van der Waals surface area contributed by atoms with Gasteiger partial charge in [-0.1, -0.05) is 103 Å². The highest BCUT2D eigenvalue weighted by Crippen LogP contribution is 2.55. The molecule has 0 heterocycles. The van der Waals surface area contributed by atoms with Crippen molar-refractivity contribution >= 4 is 23.8 Å². The Labute approximate surface area is 323 Å². The van der Waals surface area contributed by atoms with Crippen LogP contribution in [-0.2, 0) is 28.7 Å². The number of carbonyl (C=O) groups excluding carboxylic acids is 4. The fourth-order valence-electron chi connectivity index (χ4n) is 11.8. The molecule has 12 atom stereocenters. The van der Waals surface area contributed by atoms with E-state index in [1.807, 2.05) is 41.5 Å². The molecule has 0 aliphatic heterocycles. The molecule has 8 heteroatoms. The monoisotopic (exact) mass is 742 g/mol. The molecule has 8 rings (SSSR count). The minimum absolute atomic E-state index is 0.0753. The number of esters is 2. The summed E-state index contributed by atoms with van der Waals surface area (Å²) in [4.78, 5) is 51.2. The summed E-state index contributed by atoms with van der Waals surface area (Å²) < 4.78 is 12.3. The third-order valence-electron chi connectivity index (χ3n) is 15.0. The van der Waals surface area contributed by atoms with Gasteiger partial charge in [-0.3, -0.25) is 19.2 Å². The molecule has 6 fully saturated rings. The average Bonchev–Trinajstić information content (AvgIpc) is 3.96. The van der Waals surface area contributed by atoms with Gasteiger partial charge in [-0.25, -0.2) is 0 Å². The molecule has 2 amide bonds. The number of hydrogen-bond acceptors (Lipinski definition) is 6. The molecular formula is C46H66N2O6. The fraction of sp³-hybridized carbons (Fsp3) is 0.739.